The van der Waals surface area contributed by atoms with Gasteiger partial charge in [0.25, 0.3) is 0 Å². The normalized spacial score (nSPS) is 25.5. The maximum atomic E-state index is 14.0. The molecule has 0 amide bonds. The Morgan fingerprint density at radius 2 is 1.93 bits per heavy atom. The zero-order valence-corrected chi connectivity index (χ0v) is 25.6. The first-order chi connectivity index (χ1) is 20.5. The van der Waals surface area contributed by atoms with Gasteiger partial charge in [-0.1, -0.05) is 6.08 Å². The van der Waals surface area contributed by atoms with Crippen LogP contribution in [0.2, 0.25) is 0 Å². The van der Waals surface area contributed by atoms with Gasteiger partial charge in [-0.05, 0) is 101 Å². The SMILES string of the molecule is C=CCCCOC(=O)C[C@](O)(CCCC(C)(C)O)C(=O)OC1C(OC)=C[C@@]23CCCN2CCc2cc4c(cc2[C@H]13)OCO4. The fourth-order valence-corrected chi connectivity index (χ4v) is 7.10. The molecule has 10 heteroatoms. The third-order valence-corrected chi connectivity index (χ3v) is 9.21. The van der Waals surface area contributed by atoms with Crippen LogP contribution < -0.4 is 9.47 Å². The Bertz CT molecular complexity index is 1250. The third-order valence-electron chi connectivity index (χ3n) is 9.21. The number of rotatable bonds is 13. The summed E-state index contributed by atoms with van der Waals surface area (Å²) in [4.78, 5) is 29.2. The number of allylic oxidation sites excluding steroid dienone is 1. The summed E-state index contributed by atoms with van der Waals surface area (Å²) in [6.07, 6.45) is 6.91. The Morgan fingerprint density at radius 3 is 2.65 bits per heavy atom. The quantitative estimate of drug-likeness (QED) is 0.196. The molecule has 1 saturated heterocycles. The molecule has 1 spiro atoms. The standard InChI is InChI=1S/C33H45NO9/c1-5-6-7-16-40-27(35)20-33(38,13-8-11-31(2,3)37)30(36)43-29-26(39-4)19-32-12-9-14-34(32)15-10-22-17-24-25(42-21-41-24)18-23(22)28(29)32/h5,17-19,28-29,37-38H,1,6-16,20-21H2,2-4H3/t28-,29?,32-,33-/m1/s1. The summed E-state index contributed by atoms with van der Waals surface area (Å²) in [7, 11) is 1.56. The van der Waals surface area contributed by atoms with Gasteiger partial charge in [0.15, 0.2) is 23.2 Å². The molecule has 2 N–H and O–H groups in total. The van der Waals surface area contributed by atoms with E-state index >= 15 is 0 Å². The zero-order chi connectivity index (χ0) is 30.8. The number of fused-ring (bicyclic) bond motifs is 3. The van der Waals surface area contributed by atoms with Gasteiger partial charge in [-0.15, -0.1) is 6.58 Å². The molecule has 3 heterocycles. The molecule has 1 aromatic carbocycles. The molecule has 1 aromatic rings. The second-order valence-corrected chi connectivity index (χ2v) is 12.8. The summed E-state index contributed by atoms with van der Waals surface area (Å²) in [6.45, 7) is 9.04. The largest absolute Gasteiger partial charge is 0.497 e. The minimum Gasteiger partial charge on any atom is -0.497 e. The van der Waals surface area contributed by atoms with Crippen molar-refractivity contribution in [1.29, 1.82) is 0 Å². The first-order valence-electron chi connectivity index (χ1n) is 15.4. The molecule has 0 radical (unpaired) electrons. The highest BCUT2D eigenvalue weighted by Gasteiger charge is 2.59. The van der Waals surface area contributed by atoms with Crippen LogP contribution >= 0.6 is 0 Å². The van der Waals surface area contributed by atoms with Gasteiger partial charge in [-0.3, -0.25) is 9.69 Å². The number of carbonyl (C=O) groups excluding carboxylic acids is 2. The molecular weight excluding hydrogens is 554 g/mol. The zero-order valence-electron chi connectivity index (χ0n) is 25.6. The molecule has 236 valence electrons. The monoisotopic (exact) mass is 599 g/mol. The summed E-state index contributed by atoms with van der Waals surface area (Å²) < 4.78 is 28.8. The molecule has 0 aromatic heterocycles. The van der Waals surface area contributed by atoms with E-state index in [0.717, 1.165) is 43.5 Å². The van der Waals surface area contributed by atoms with Gasteiger partial charge in [0.05, 0.1) is 37.2 Å². The predicted molar refractivity (Wildman–Crippen MR) is 158 cm³/mol. The lowest BCUT2D eigenvalue weighted by atomic mass is 9.77. The lowest BCUT2D eigenvalue weighted by Gasteiger charge is -2.39. The van der Waals surface area contributed by atoms with Crippen molar-refractivity contribution in [3.63, 3.8) is 0 Å². The molecule has 0 saturated carbocycles. The highest BCUT2D eigenvalue weighted by molar-refractivity contribution is 5.86. The van der Waals surface area contributed by atoms with E-state index in [4.69, 9.17) is 23.7 Å². The van der Waals surface area contributed by atoms with Crippen molar-refractivity contribution in [2.45, 2.75) is 100 Å². The maximum Gasteiger partial charge on any atom is 0.339 e. The number of nitrogens with zero attached hydrogens (tertiary/aromatic N) is 1. The van der Waals surface area contributed by atoms with Crippen molar-refractivity contribution in [3.8, 4) is 11.5 Å². The molecule has 1 fully saturated rings. The minimum absolute atomic E-state index is 0.0759. The molecule has 4 aliphatic rings. The predicted octanol–water partition coefficient (Wildman–Crippen LogP) is 3.92. The number of ether oxygens (including phenoxy) is 5. The number of benzene rings is 1. The van der Waals surface area contributed by atoms with Crippen LogP contribution in [0.3, 0.4) is 0 Å². The average molecular weight is 600 g/mol. The van der Waals surface area contributed by atoms with Crippen LogP contribution in [0.1, 0.15) is 82.3 Å². The molecule has 10 nitrogen and oxygen atoms in total. The van der Waals surface area contributed by atoms with Gasteiger partial charge >= 0.3 is 11.9 Å². The second kappa shape index (κ2) is 12.5. The molecule has 0 bridgehead atoms. The number of unbranched alkanes of at least 4 members (excludes halogenated alkanes) is 1. The first-order valence-corrected chi connectivity index (χ1v) is 15.4. The van der Waals surface area contributed by atoms with Crippen LogP contribution in [0.4, 0.5) is 0 Å². The van der Waals surface area contributed by atoms with Crippen molar-refractivity contribution in [3.05, 3.63) is 47.7 Å². The van der Waals surface area contributed by atoms with Crippen molar-refractivity contribution < 1.29 is 43.5 Å². The van der Waals surface area contributed by atoms with E-state index in [1.165, 1.54) is 0 Å². The second-order valence-electron chi connectivity index (χ2n) is 12.8. The first kappa shape index (κ1) is 31.3. The molecule has 43 heavy (non-hydrogen) atoms. The Hall–Kier alpha value is -3.08. The van der Waals surface area contributed by atoms with Crippen LogP contribution in [0.5, 0.6) is 11.5 Å². The molecular formula is C33H45NO9. The van der Waals surface area contributed by atoms with E-state index in [-0.39, 0.29) is 25.7 Å². The smallest absolute Gasteiger partial charge is 0.339 e. The van der Waals surface area contributed by atoms with Crippen molar-refractivity contribution >= 4 is 11.9 Å². The van der Waals surface area contributed by atoms with Crippen LogP contribution in [0, 0.1) is 0 Å². The van der Waals surface area contributed by atoms with Gasteiger partial charge in [-0.2, -0.15) is 0 Å². The number of methoxy groups -OCH3 is 1. The van der Waals surface area contributed by atoms with E-state index in [0.29, 0.717) is 42.9 Å². The topological polar surface area (TPSA) is 124 Å². The number of esters is 2. The van der Waals surface area contributed by atoms with Crippen LogP contribution in [-0.2, 0) is 30.2 Å². The van der Waals surface area contributed by atoms with E-state index in [1.54, 1.807) is 27.0 Å². The average Bonchev–Trinajstić information content (AvgIpc) is 3.64. The number of aliphatic hydroxyl groups is 2. The molecule has 5 rings (SSSR count). The molecule has 1 aliphatic carbocycles. The molecule has 4 atom stereocenters. The van der Waals surface area contributed by atoms with Gasteiger partial charge < -0.3 is 33.9 Å². The highest BCUT2D eigenvalue weighted by Crippen LogP contribution is 2.55. The lowest BCUT2D eigenvalue weighted by Crippen LogP contribution is -2.49. The van der Waals surface area contributed by atoms with E-state index in [1.807, 2.05) is 12.1 Å². The molecule has 3 aliphatic heterocycles. The van der Waals surface area contributed by atoms with Crippen molar-refractivity contribution in [2.24, 2.45) is 0 Å². The van der Waals surface area contributed by atoms with Gasteiger partial charge in [0, 0.05) is 6.54 Å². The van der Waals surface area contributed by atoms with E-state index in [9.17, 15) is 19.8 Å². The Kier molecular flexibility index (Phi) is 9.11. The minimum atomic E-state index is -2.15. The third kappa shape index (κ3) is 6.42. The van der Waals surface area contributed by atoms with Crippen LogP contribution in [0.25, 0.3) is 0 Å². The number of hydrogen-bond acceptors (Lipinski definition) is 10. The summed E-state index contributed by atoms with van der Waals surface area (Å²) in [6, 6.07) is 4.02. The van der Waals surface area contributed by atoms with Gasteiger partial charge in [0.1, 0.15) is 5.76 Å². The summed E-state index contributed by atoms with van der Waals surface area (Å²) in [5, 5.41) is 22.0. The van der Waals surface area contributed by atoms with Gasteiger partial charge in [-0.25, -0.2) is 4.79 Å². The summed E-state index contributed by atoms with van der Waals surface area (Å²) in [5.41, 5.74) is -1.48. The Morgan fingerprint density at radius 1 is 1.16 bits per heavy atom. The molecule has 1 unspecified atom stereocenters. The highest BCUT2D eigenvalue weighted by atomic mass is 16.7. The summed E-state index contributed by atoms with van der Waals surface area (Å²) >= 11 is 0. The fraction of sp³-hybridized carbons (Fsp3) is 0.636. The van der Waals surface area contributed by atoms with Crippen molar-refractivity contribution in [1.82, 2.24) is 4.90 Å². The van der Waals surface area contributed by atoms with Crippen LogP contribution in [0.15, 0.2) is 36.6 Å². The Balaban J connectivity index is 1.45. The van der Waals surface area contributed by atoms with Crippen LogP contribution in [-0.4, -0.2) is 83.5 Å². The van der Waals surface area contributed by atoms with Crippen molar-refractivity contribution in [2.75, 3.05) is 33.6 Å². The lowest BCUT2D eigenvalue weighted by molar-refractivity contribution is -0.179. The van der Waals surface area contributed by atoms with E-state index in [2.05, 4.69) is 17.6 Å². The van der Waals surface area contributed by atoms with Gasteiger partial charge in [0.2, 0.25) is 6.79 Å². The number of hydrogen-bond donors (Lipinski definition) is 2. The fourth-order valence-electron chi connectivity index (χ4n) is 7.10. The maximum absolute atomic E-state index is 14.0. The summed E-state index contributed by atoms with van der Waals surface area (Å²) in [5.74, 6) is -0.0410. The van der Waals surface area contributed by atoms with E-state index < -0.39 is 41.2 Å². The number of carbonyl (C=O) groups is 2. The Labute approximate surface area is 253 Å².